The van der Waals surface area contributed by atoms with Crippen LogP contribution in [0.15, 0.2) is 18.2 Å². The molecule has 13 heavy (non-hydrogen) atoms. The van der Waals surface area contributed by atoms with E-state index < -0.39 is 12.5 Å². The van der Waals surface area contributed by atoms with Crippen LogP contribution >= 0.6 is 0 Å². The second-order valence-corrected chi connectivity index (χ2v) is 3.12. The van der Waals surface area contributed by atoms with Crippen molar-refractivity contribution in [3.8, 4) is 5.75 Å². The Labute approximate surface area is 74.2 Å². The Kier molecular flexibility index (Phi) is 1.73. The highest BCUT2D eigenvalue weighted by Crippen LogP contribution is 2.38. The van der Waals surface area contributed by atoms with E-state index in [1.54, 1.807) is 12.1 Å². The van der Waals surface area contributed by atoms with Crippen molar-refractivity contribution in [1.29, 1.82) is 0 Å². The Hall–Kier alpha value is -1.16. The molecule has 0 atom stereocenters. The minimum atomic E-state index is -2.96. The first-order valence-electron chi connectivity index (χ1n) is 4.01. The molecule has 1 heterocycles. The topological polar surface area (TPSA) is 32.3 Å². The molecule has 0 spiro atoms. The van der Waals surface area contributed by atoms with Gasteiger partial charge in [-0.1, -0.05) is 12.1 Å². The van der Waals surface area contributed by atoms with Crippen LogP contribution in [0.5, 0.6) is 5.75 Å². The number of aromatic hydroxyl groups is 1. The summed E-state index contributed by atoms with van der Waals surface area (Å²) in [5, 5.41) is 11.9. The summed E-state index contributed by atoms with van der Waals surface area (Å²) in [5.74, 6) is -3.28. The van der Waals surface area contributed by atoms with Gasteiger partial charge in [0, 0.05) is 6.54 Å². The van der Waals surface area contributed by atoms with Crippen LogP contribution in [0.3, 0.4) is 0 Å². The van der Waals surface area contributed by atoms with E-state index in [-0.39, 0.29) is 11.3 Å². The fraction of sp³-hybridized carbons (Fsp3) is 0.333. The number of benzene rings is 1. The van der Waals surface area contributed by atoms with E-state index in [0.717, 1.165) is 0 Å². The molecule has 0 aromatic heterocycles. The van der Waals surface area contributed by atoms with Crippen LogP contribution in [0, 0.1) is 0 Å². The normalized spacial score (nSPS) is 19.5. The van der Waals surface area contributed by atoms with Crippen molar-refractivity contribution in [2.24, 2.45) is 0 Å². The van der Waals surface area contributed by atoms with Crippen molar-refractivity contribution in [2.75, 3.05) is 6.54 Å². The molecule has 2 rings (SSSR count). The van der Waals surface area contributed by atoms with Crippen LogP contribution < -0.4 is 5.32 Å². The highest BCUT2D eigenvalue weighted by Gasteiger charge is 2.38. The monoisotopic (exact) mass is 185 g/mol. The van der Waals surface area contributed by atoms with Gasteiger partial charge in [-0.2, -0.15) is 8.78 Å². The van der Waals surface area contributed by atoms with E-state index in [1.807, 2.05) is 0 Å². The maximum Gasteiger partial charge on any atom is 0.289 e. The summed E-state index contributed by atoms with van der Waals surface area (Å²) in [5.41, 5.74) is 0.241. The molecule has 0 amide bonds. The van der Waals surface area contributed by atoms with E-state index in [4.69, 9.17) is 0 Å². The van der Waals surface area contributed by atoms with Gasteiger partial charge in [0.05, 0.1) is 12.1 Å². The Bertz CT molecular complexity index is 338. The van der Waals surface area contributed by atoms with Gasteiger partial charge in [-0.3, -0.25) is 0 Å². The van der Waals surface area contributed by atoms with E-state index in [1.165, 1.54) is 6.07 Å². The average molecular weight is 185 g/mol. The number of halogens is 2. The van der Waals surface area contributed by atoms with Crippen molar-refractivity contribution >= 4 is 0 Å². The Morgan fingerprint density at radius 2 is 2.15 bits per heavy atom. The zero-order valence-corrected chi connectivity index (χ0v) is 6.85. The van der Waals surface area contributed by atoms with Crippen molar-refractivity contribution < 1.29 is 13.9 Å². The van der Waals surface area contributed by atoms with Gasteiger partial charge < -0.3 is 10.4 Å². The molecule has 0 bridgehead atoms. The summed E-state index contributed by atoms with van der Waals surface area (Å²) in [7, 11) is 0. The van der Waals surface area contributed by atoms with Gasteiger partial charge in [0.2, 0.25) is 0 Å². The minimum Gasteiger partial charge on any atom is -0.507 e. The van der Waals surface area contributed by atoms with Crippen LogP contribution in [-0.2, 0) is 12.5 Å². The minimum absolute atomic E-state index is 0.228. The van der Waals surface area contributed by atoms with Crippen LogP contribution in [0.1, 0.15) is 11.1 Å². The van der Waals surface area contributed by atoms with Crippen LogP contribution in [0.25, 0.3) is 0 Å². The Morgan fingerprint density at radius 1 is 1.38 bits per heavy atom. The lowest BCUT2D eigenvalue weighted by molar-refractivity contribution is -0.0129. The molecule has 0 fully saturated rings. The molecule has 1 aliphatic rings. The summed E-state index contributed by atoms with van der Waals surface area (Å²) < 4.78 is 26.5. The largest absolute Gasteiger partial charge is 0.507 e. The third-order valence-corrected chi connectivity index (χ3v) is 2.16. The highest BCUT2D eigenvalue weighted by atomic mass is 19.3. The Balaban J connectivity index is 2.61. The SMILES string of the molecule is Oc1cccc2c1C(F)(F)CNC2. The first kappa shape index (κ1) is 8.44. The summed E-state index contributed by atoms with van der Waals surface area (Å²) in [6.45, 7) is -0.0170. The lowest BCUT2D eigenvalue weighted by atomic mass is 9.97. The molecule has 70 valence electrons. The van der Waals surface area contributed by atoms with E-state index in [0.29, 0.717) is 12.1 Å². The molecule has 1 aromatic carbocycles. The summed E-state index contributed by atoms with van der Waals surface area (Å²) in [4.78, 5) is 0. The Morgan fingerprint density at radius 3 is 2.85 bits per heavy atom. The van der Waals surface area contributed by atoms with E-state index in [2.05, 4.69) is 5.32 Å². The van der Waals surface area contributed by atoms with E-state index >= 15 is 0 Å². The van der Waals surface area contributed by atoms with Gasteiger partial charge in [0.1, 0.15) is 5.75 Å². The number of alkyl halides is 2. The molecule has 1 aliphatic heterocycles. The van der Waals surface area contributed by atoms with Gasteiger partial charge >= 0.3 is 0 Å². The third kappa shape index (κ3) is 1.27. The smallest absolute Gasteiger partial charge is 0.289 e. The van der Waals surface area contributed by atoms with Crippen LogP contribution in [-0.4, -0.2) is 11.7 Å². The summed E-state index contributed by atoms with van der Waals surface area (Å²) in [6.07, 6.45) is 0. The number of rotatable bonds is 0. The average Bonchev–Trinajstić information content (AvgIpc) is 2.02. The van der Waals surface area contributed by atoms with Crippen LogP contribution in [0.2, 0.25) is 0 Å². The van der Waals surface area contributed by atoms with Crippen molar-refractivity contribution in [2.45, 2.75) is 12.5 Å². The number of nitrogens with one attached hydrogen (secondary N) is 1. The van der Waals surface area contributed by atoms with Crippen molar-refractivity contribution in [3.05, 3.63) is 29.3 Å². The number of fused-ring (bicyclic) bond motifs is 1. The molecule has 0 saturated carbocycles. The second-order valence-electron chi connectivity index (χ2n) is 3.12. The van der Waals surface area contributed by atoms with Gasteiger partial charge in [-0.15, -0.1) is 0 Å². The molecular formula is C9H9F2NO. The zero-order valence-electron chi connectivity index (χ0n) is 6.85. The molecule has 2 N–H and O–H groups in total. The highest BCUT2D eigenvalue weighted by molar-refractivity contribution is 5.43. The van der Waals surface area contributed by atoms with Crippen molar-refractivity contribution in [1.82, 2.24) is 5.32 Å². The molecule has 0 aliphatic carbocycles. The predicted molar refractivity (Wildman–Crippen MR) is 43.7 cm³/mol. The fourth-order valence-electron chi connectivity index (χ4n) is 1.60. The second kappa shape index (κ2) is 2.67. The van der Waals surface area contributed by atoms with Gasteiger partial charge in [0.15, 0.2) is 0 Å². The summed E-state index contributed by atoms with van der Waals surface area (Å²) >= 11 is 0. The molecule has 1 aromatic rings. The van der Waals surface area contributed by atoms with Crippen LogP contribution in [0.4, 0.5) is 8.78 Å². The van der Waals surface area contributed by atoms with E-state index in [9.17, 15) is 13.9 Å². The zero-order chi connectivity index (χ0) is 9.47. The lowest BCUT2D eigenvalue weighted by Gasteiger charge is -2.26. The molecule has 0 saturated heterocycles. The van der Waals surface area contributed by atoms with Gasteiger partial charge in [-0.25, -0.2) is 0 Å². The predicted octanol–water partition coefficient (Wildman–Crippen LogP) is 1.59. The maximum atomic E-state index is 13.2. The fourth-order valence-corrected chi connectivity index (χ4v) is 1.60. The van der Waals surface area contributed by atoms with Gasteiger partial charge in [-0.05, 0) is 11.6 Å². The molecule has 0 radical (unpaired) electrons. The third-order valence-electron chi connectivity index (χ3n) is 2.16. The van der Waals surface area contributed by atoms with Gasteiger partial charge in [0.25, 0.3) is 5.92 Å². The number of hydrogen-bond acceptors (Lipinski definition) is 2. The maximum absolute atomic E-state index is 13.2. The first-order chi connectivity index (χ1) is 6.11. The first-order valence-corrected chi connectivity index (χ1v) is 4.01. The van der Waals surface area contributed by atoms with Crippen molar-refractivity contribution in [3.63, 3.8) is 0 Å². The number of phenols is 1. The quantitative estimate of drug-likeness (QED) is 0.643. The number of hydrogen-bond donors (Lipinski definition) is 2. The lowest BCUT2D eigenvalue weighted by Crippen LogP contribution is -2.36. The molecule has 0 unspecified atom stereocenters. The standard InChI is InChI=1S/C9H9F2NO/c10-9(11)5-12-4-6-2-1-3-7(13)8(6)9/h1-3,12-13H,4-5H2. The number of phenolic OH excluding ortho intramolecular Hbond substituents is 1. The molecular weight excluding hydrogens is 176 g/mol. The molecule has 2 nitrogen and oxygen atoms in total. The summed E-state index contributed by atoms with van der Waals surface area (Å²) in [6, 6.07) is 4.45. The molecule has 4 heteroatoms.